The van der Waals surface area contributed by atoms with Gasteiger partial charge in [0.1, 0.15) is 0 Å². The van der Waals surface area contributed by atoms with Gasteiger partial charge in [-0.3, -0.25) is 0 Å². The average molecular weight is 329 g/mol. The van der Waals surface area contributed by atoms with E-state index in [-0.39, 0.29) is 6.10 Å². The van der Waals surface area contributed by atoms with Gasteiger partial charge in [-0.15, -0.1) is 0 Å². The Bertz CT molecular complexity index is 510. The lowest BCUT2D eigenvalue weighted by atomic mass is 9.97. The second kappa shape index (κ2) is 5.23. The number of hydrogen-bond acceptors (Lipinski definition) is 3. The van der Waals surface area contributed by atoms with Crippen LogP contribution in [0.5, 0.6) is 0 Å². The summed E-state index contributed by atoms with van der Waals surface area (Å²) in [7, 11) is 0. The van der Waals surface area contributed by atoms with Gasteiger partial charge in [-0.2, -0.15) is 0 Å². The zero-order chi connectivity index (χ0) is 14.2. The quantitative estimate of drug-likeness (QED) is 0.926. The van der Waals surface area contributed by atoms with Gasteiger partial charge in [-0.1, -0.05) is 15.9 Å². The Labute approximate surface area is 120 Å². The van der Waals surface area contributed by atoms with Crippen molar-refractivity contribution in [3.63, 3.8) is 0 Å². The van der Waals surface area contributed by atoms with Gasteiger partial charge >= 0.3 is 5.97 Å². The third-order valence-electron chi connectivity index (χ3n) is 3.26. The molecule has 4 nitrogen and oxygen atoms in total. The van der Waals surface area contributed by atoms with E-state index in [1.54, 1.807) is 12.1 Å². The van der Waals surface area contributed by atoms with Crippen LogP contribution in [0.25, 0.3) is 0 Å². The van der Waals surface area contributed by atoms with Crippen LogP contribution in [0, 0.1) is 6.92 Å². The summed E-state index contributed by atoms with van der Waals surface area (Å²) in [6.45, 7) is 6.11. The van der Waals surface area contributed by atoms with Crippen molar-refractivity contribution < 1.29 is 19.4 Å². The molecule has 5 heteroatoms. The van der Waals surface area contributed by atoms with Gasteiger partial charge in [0.25, 0.3) is 0 Å². The van der Waals surface area contributed by atoms with Crippen molar-refractivity contribution in [3.8, 4) is 0 Å². The van der Waals surface area contributed by atoms with E-state index in [1.165, 1.54) is 0 Å². The van der Waals surface area contributed by atoms with Gasteiger partial charge in [0.2, 0.25) is 0 Å². The first kappa shape index (κ1) is 14.5. The summed E-state index contributed by atoms with van der Waals surface area (Å²) >= 11 is 3.44. The molecule has 0 radical (unpaired) electrons. The van der Waals surface area contributed by atoms with Crippen LogP contribution in [0.4, 0.5) is 0 Å². The van der Waals surface area contributed by atoms with Crippen LogP contribution in [-0.2, 0) is 15.9 Å². The summed E-state index contributed by atoms with van der Waals surface area (Å²) in [5.41, 5.74) is 2.07. The van der Waals surface area contributed by atoms with Crippen molar-refractivity contribution in [3.05, 3.63) is 33.3 Å². The van der Waals surface area contributed by atoms with Crippen molar-refractivity contribution in [2.24, 2.45) is 0 Å². The molecule has 0 aliphatic carbocycles. The maximum absolute atomic E-state index is 11.3. The van der Waals surface area contributed by atoms with Crippen LogP contribution < -0.4 is 0 Å². The van der Waals surface area contributed by atoms with Gasteiger partial charge in [-0.25, -0.2) is 4.79 Å². The highest BCUT2D eigenvalue weighted by molar-refractivity contribution is 9.10. The highest BCUT2D eigenvalue weighted by Crippen LogP contribution is 2.29. The first-order valence-corrected chi connectivity index (χ1v) is 6.92. The number of hydrogen-bond donors (Lipinski definition) is 1. The number of rotatable bonds is 3. The standard InChI is InChI=1S/C14H17BrO4/c1-8-11(6-9-7-18-14(2,3)19-9)10(13(16)17)4-5-12(8)15/h4-5,9H,6-7H2,1-3H3,(H,16,17). The summed E-state index contributed by atoms with van der Waals surface area (Å²) in [6, 6.07) is 3.38. The van der Waals surface area contributed by atoms with Crippen molar-refractivity contribution in [2.75, 3.05) is 6.61 Å². The molecule has 1 fully saturated rings. The van der Waals surface area contributed by atoms with E-state index in [1.807, 2.05) is 20.8 Å². The van der Waals surface area contributed by atoms with Gasteiger partial charge in [-0.05, 0) is 44.0 Å². The summed E-state index contributed by atoms with van der Waals surface area (Å²) in [4.78, 5) is 11.3. The largest absolute Gasteiger partial charge is 0.478 e. The smallest absolute Gasteiger partial charge is 0.335 e. The maximum Gasteiger partial charge on any atom is 0.335 e. The number of carbonyl (C=O) groups is 1. The van der Waals surface area contributed by atoms with E-state index in [9.17, 15) is 9.90 Å². The van der Waals surface area contributed by atoms with Crippen LogP contribution in [-0.4, -0.2) is 29.6 Å². The molecule has 2 rings (SSSR count). The predicted octanol–water partition coefficient (Wildman–Crippen LogP) is 3.15. The van der Waals surface area contributed by atoms with E-state index in [4.69, 9.17) is 9.47 Å². The van der Waals surface area contributed by atoms with E-state index in [2.05, 4.69) is 15.9 Å². The zero-order valence-electron chi connectivity index (χ0n) is 11.2. The fourth-order valence-electron chi connectivity index (χ4n) is 2.28. The molecule has 0 bridgehead atoms. The third kappa shape index (κ3) is 3.16. The SMILES string of the molecule is Cc1c(Br)ccc(C(=O)O)c1CC1COC(C)(C)O1. The summed E-state index contributed by atoms with van der Waals surface area (Å²) in [6.07, 6.45) is 0.428. The van der Waals surface area contributed by atoms with Gasteiger partial charge in [0.05, 0.1) is 18.3 Å². The molecule has 0 amide bonds. The number of carboxylic acid groups (broad SMARTS) is 1. The van der Waals surface area contributed by atoms with Crippen LogP contribution in [0.15, 0.2) is 16.6 Å². The fourth-order valence-corrected chi connectivity index (χ4v) is 2.65. The number of benzene rings is 1. The molecule has 0 saturated carbocycles. The minimum atomic E-state index is -0.913. The van der Waals surface area contributed by atoms with Gasteiger partial charge in [0.15, 0.2) is 5.79 Å². The average Bonchev–Trinajstić information content (AvgIpc) is 2.64. The monoisotopic (exact) mass is 328 g/mol. The second-order valence-corrected chi connectivity index (χ2v) is 6.01. The van der Waals surface area contributed by atoms with Crippen molar-refractivity contribution in [1.82, 2.24) is 0 Å². The Balaban J connectivity index is 2.29. The molecule has 1 unspecified atom stereocenters. The molecule has 1 atom stereocenters. The Morgan fingerprint density at radius 3 is 2.74 bits per heavy atom. The van der Waals surface area contributed by atoms with Gasteiger partial charge < -0.3 is 14.6 Å². The molecule has 1 saturated heterocycles. The number of carboxylic acids is 1. The summed E-state index contributed by atoms with van der Waals surface area (Å²) in [5, 5.41) is 9.27. The first-order valence-electron chi connectivity index (χ1n) is 6.13. The number of ether oxygens (including phenoxy) is 2. The lowest BCUT2D eigenvalue weighted by molar-refractivity contribution is -0.138. The Morgan fingerprint density at radius 2 is 2.21 bits per heavy atom. The summed E-state index contributed by atoms with van der Waals surface area (Å²) in [5.74, 6) is -1.50. The second-order valence-electron chi connectivity index (χ2n) is 5.16. The van der Waals surface area contributed by atoms with E-state index < -0.39 is 11.8 Å². The van der Waals surface area contributed by atoms with E-state index >= 15 is 0 Å². The fraction of sp³-hybridized carbons (Fsp3) is 0.500. The highest BCUT2D eigenvalue weighted by Gasteiger charge is 2.33. The van der Waals surface area contributed by atoms with Crippen LogP contribution in [0.2, 0.25) is 0 Å². The first-order chi connectivity index (χ1) is 8.80. The molecule has 1 aliphatic heterocycles. The van der Waals surface area contributed by atoms with Crippen molar-refractivity contribution in [1.29, 1.82) is 0 Å². The molecular weight excluding hydrogens is 312 g/mol. The lowest BCUT2D eigenvalue weighted by Crippen LogP contribution is -2.23. The number of halogens is 1. The van der Waals surface area contributed by atoms with E-state index in [0.717, 1.165) is 15.6 Å². The molecular formula is C14H17BrO4. The third-order valence-corrected chi connectivity index (χ3v) is 4.12. The molecule has 1 aliphatic rings. The minimum Gasteiger partial charge on any atom is -0.478 e. The molecule has 1 N–H and O–H groups in total. The molecule has 19 heavy (non-hydrogen) atoms. The Hall–Kier alpha value is -0.910. The minimum absolute atomic E-state index is 0.110. The van der Waals surface area contributed by atoms with Gasteiger partial charge in [0, 0.05) is 10.9 Å². The van der Waals surface area contributed by atoms with Crippen molar-refractivity contribution >= 4 is 21.9 Å². The van der Waals surface area contributed by atoms with E-state index in [0.29, 0.717) is 18.6 Å². The highest BCUT2D eigenvalue weighted by atomic mass is 79.9. The Morgan fingerprint density at radius 1 is 1.53 bits per heavy atom. The van der Waals surface area contributed by atoms with Crippen LogP contribution in [0.3, 0.4) is 0 Å². The molecule has 1 heterocycles. The Kier molecular flexibility index (Phi) is 3.99. The molecule has 1 aromatic rings. The zero-order valence-corrected chi connectivity index (χ0v) is 12.8. The molecule has 1 aromatic carbocycles. The maximum atomic E-state index is 11.3. The summed E-state index contributed by atoms with van der Waals surface area (Å²) < 4.78 is 12.2. The molecule has 0 aromatic heterocycles. The molecule has 0 spiro atoms. The molecule has 104 valence electrons. The van der Waals surface area contributed by atoms with Crippen LogP contribution >= 0.6 is 15.9 Å². The van der Waals surface area contributed by atoms with Crippen molar-refractivity contribution in [2.45, 2.75) is 39.1 Å². The normalized spacial score (nSPS) is 21.6. The lowest BCUT2D eigenvalue weighted by Gasteiger charge is -2.18. The predicted molar refractivity (Wildman–Crippen MR) is 74.4 cm³/mol. The van der Waals surface area contributed by atoms with Crippen LogP contribution in [0.1, 0.15) is 35.3 Å². The number of aromatic carboxylic acids is 1. The topological polar surface area (TPSA) is 55.8 Å².